The molecule has 0 saturated carbocycles. The number of aryl methyl sites for hydroxylation is 1. The van der Waals surface area contributed by atoms with Crippen LogP contribution in [0.3, 0.4) is 0 Å². The highest BCUT2D eigenvalue weighted by Gasteiger charge is 2.16. The van der Waals surface area contributed by atoms with E-state index < -0.39 is 11.9 Å². The third-order valence-electron chi connectivity index (χ3n) is 3.56. The number of carbonyl (C=O) groups is 2. The van der Waals surface area contributed by atoms with Crippen LogP contribution in [0.25, 0.3) is 0 Å². The highest BCUT2D eigenvalue weighted by atomic mass is 16.5. The van der Waals surface area contributed by atoms with Crippen molar-refractivity contribution in [2.75, 3.05) is 11.9 Å². The highest BCUT2D eigenvalue weighted by Crippen LogP contribution is 2.15. The van der Waals surface area contributed by atoms with E-state index in [1.165, 1.54) is 19.3 Å². The summed E-state index contributed by atoms with van der Waals surface area (Å²) in [5, 5.41) is 2.62. The molecule has 0 aromatic heterocycles. The van der Waals surface area contributed by atoms with Crippen molar-refractivity contribution in [1.82, 2.24) is 0 Å². The van der Waals surface area contributed by atoms with Gasteiger partial charge < -0.3 is 10.1 Å². The summed E-state index contributed by atoms with van der Waals surface area (Å²) in [4.78, 5) is 23.4. The number of ether oxygens (including phenoxy) is 1. The first kappa shape index (κ1) is 18.2. The summed E-state index contributed by atoms with van der Waals surface area (Å²) in [5.41, 5.74) is 1.67. The predicted octanol–water partition coefficient (Wildman–Crippen LogP) is 4.09. The standard InChI is InChI=1S/C18H27NO3/c1-3-5-6-7-8-11-14-22-18(21)17(20)19-16-13-10-9-12-15(16)4-2/h9-10,12-13H,3-8,11,14H2,1-2H3,(H,19,20). The quantitative estimate of drug-likeness (QED) is 0.425. The maximum Gasteiger partial charge on any atom is 0.397 e. The molecule has 0 unspecified atom stereocenters. The second-order valence-electron chi connectivity index (χ2n) is 5.37. The molecule has 22 heavy (non-hydrogen) atoms. The molecule has 1 rings (SSSR count). The number of anilines is 1. The zero-order valence-corrected chi connectivity index (χ0v) is 13.7. The van der Waals surface area contributed by atoms with Gasteiger partial charge in [-0.05, 0) is 24.5 Å². The number of para-hydroxylation sites is 1. The number of hydrogen-bond acceptors (Lipinski definition) is 3. The van der Waals surface area contributed by atoms with Gasteiger partial charge in [0, 0.05) is 5.69 Å². The van der Waals surface area contributed by atoms with E-state index in [1.807, 2.05) is 25.1 Å². The van der Waals surface area contributed by atoms with Gasteiger partial charge >= 0.3 is 11.9 Å². The number of esters is 1. The van der Waals surface area contributed by atoms with Gasteiger partial charge in [-0.2, -0.15) is 0 Å². The number of carbonyl (C=O) groups excluding carboxylic acids is 2. The Hall–Kier alpha value is -1.84. The van der Waals surface area contributed by atoms with Crippen LogP contribution in [-0.2, 0) is 20.7 Å². The fraction of sp³-hybridized carbons (Fsp3) is 0.556. The third-order valence-corrected chi connectivity index (χ3v) is 3.56. The lowest BCUT2D eigenvalue weighted by atomic mass is 10.1. The monoisotopic (exact) mass is 305 g/mol. The number of benzene rings is 1. The van der Waals surface area contributed by atoms with E-state index in [0.29, 0.717) is 12.3 Å². The normalized spacial score (nSPS) is 10.3. The number of rotatable bonds is 9. The lowest BCUT2D eigenvalue weighted by molar-refractivity contribution is -0.152. The van der Waals surface area contributed by atoms with Crippen LogP contribution >= 0.6 is 0 Å². The van der Waals surface area contributed by atoms with E-state index in [0.717, 1.165) is 31.2 Å². The molecule has 4 heteroatoms. The Balaban J connectivity index is 2.26. The summed E-state index contributed by atoms with van der Waals surface area (Å²) in [6.07, 6.45) is 7.48. The average molecular weight is 305 g/mol. The molecule has 0 radical (unpaired) electrons. The van der Waals surface area contributed by atoms with Gasteiger partial charge in [0.2, 0.25) is 0 Å². The Bertz CT molecular complexity index is 471. The molecule has 0 bridgehead atoms. The van der Waals surface area contributed by atoms with Crippen molar-refractivity contribution in [1.29, 1.82) is 0 Å². The lowest BCUT2D eigenvalue weighted by Gasteiger charge is -2.09. The van der Waals surface area contributed by atoms with Crippen molar-refractivity contribution in [3.05, 3.63) is 29.8 Å². The summed E-state index contributed by atoms with van der Waals surface area (Å²) in [6.45, 7) is 4.49. The molecular formula is C18H27NO3. The number of nitrogens with one attached hydrogen (secondary N) is 1. The zero-order chi connectivity index (χ0) is 16.2. The van der Waals surface area contributed by atoms with Gasteiger partial charge in [-0.3, -0.25) is 4.79 Å². The summed E-state index contributed by atoms with van der Waals surface area (Å²) >= 11 is 0. The number of unbranched alkanes of at least 4 members (excludes halogenated alkanes) is 5. The van der Waals surface area contributed by atoms with Gasteiger partial charge in [0.1, 0.15) is 0 Å². The smallest absolute Gasteiger partial charge is 0.397 e. The topological polar surface area (TPSA) is 55.4 Å². The largest absolute Gasteiger partial charge is 0.459 e. The molecule has 0 saturated heterocycles. The van der Waals surface area contributed by atoms with E-state index >= 15 is 0 Å². The fourth-order valence-electron chi connectivity index (χ4n) is 2.24. The molecule has 0 fully saturated rings. The van der Waals surface area contributed by atoms with Crippen LogP contribution in [0.5, 0.6) is 0 Å². The van der Waals surface area contributed by atoms with Crippen LogP contribution in [0, 0.1) is 0 Å². The van der Waals surface area contributed by atoms with Crippen molar-refractivity contribution in [3.8, 4) is 0 Å². The Morgan fingerprint density at radius 2 is 1.68 bits per heavy atom. The van der Waals surface area contributed by atoms with Crippen LogP contribution in [0.15, 0.2) is 24.3 Å². The molecule has 0 aliphatic carbocycles. The molecule has 1 aromatic rings. The van der Waals surface area contributed by atoms with Gasteiger partial charge in [-0.1, -0.05) is 64.2 Å². The van der Waals surface area contributed by atoms with E-state index in [-0.39, 0.29) is 0 Å². The minimum absolute atomic E-state index is 0.313. The van der Waals surface area contributed by atoms with Gasteiger partial charge in [-0.25, -0.2) is 4.79 Å². The summed E-state index contributed by atoms with van der Waals surface area (Å²) in [5.74, 6) is -1.51. The summed E-state index contributed by atoms with van der Waals surface area (Å²) in [6, 6.07) is 7.46. The van der Waals surface area contributed by atoms with Crippen LogP contribution in [0.4, 0.5) is 5.69 Å². The van der Waals surface area contributed by atoms with Crippen LogP contribution in [0.1, 0.15) is 57.9 Å². The van der Waals surface area contributed by atoms with Crippen molar-refractivity contribution in [2.45, 2.75) is 58.8 Å². The van der Waals surface area contributed by atoms with E-state index in [9.17, 15) is 9.59 Å². The zero-order valence-electron chi connectivity index (χ0n) is 13.7. The molecule has 1 aromatic carbocycles. The first-order valence-corrected chi connectivity index (χ1v) is 8.25. The van der Waals surface area contributed by atoms with Crippen molar-refractivity contribution in [2.24, 2.45) is 0 Å². The Labute approximate surface area is 133 Å². The van der Waals surface area contributed by atoms with Crippen molar-refractivity contribution in [3.63, 3.8) is 0 Å². The molecule has 0 aliphatic heterocycles. The summed E-state index contributed by atoms with van der Waals surface area (Å²) in [7, 11) is 0. The van der Waals surface area contributed by atoms with E-state index in [4.69, 9.17) is 4.74 Å². The second-order valence-corrected chi connectivity index (χ2v) is 5.37. The molecule has 122 valence electrons. The van der Waals surface area contributed by atoms with Gasteiger partial charge in [0.15, 0.2) is 0 Å². The summed E-state index contributed by atoms with van der Waals surface area (Å²) < 4.78 is 5.01. The van der Waals surface area contributed by atoms with Crippen LogP contribution < -0.4 is 5.32 Å². The van der Waals surface area contributed by atoms with Gasteiger partial charge in [-0.15, -0.1) is 0 Å². The molecule has 0 spiro atoms. The average Bonchev–Trinajstić information content (AvgIpc) is 2.54. The minimum Gasteiger partial charge on any atom is -0.459 e. The third kappa shape index (κ3) is 6.74. The van der Waals surface area contributed by atoms with Crippen LogP contribution in [0.2, 0.25) is 0 Å². The fourth-order valence-corrected chi connectivity index (χ4v) is 2.24. The molecule has 0 aliphatic rings. The van der Waals surface area contributed by atoms with Crippen LogP contribution in [-0.4, -0.2) is 18.5 Å². The Kier molecular flexibility index (Phi) is 8.96. The predicted molar refractivity (Wildman–Crippen MR) is 88.8 cm³/mol. The minimum atomic E-state index is -0.806. The first-order chi connectivity index (χ1) is 10.7. The molecule has 0 atom stereocenters. The van der Waals surface area contributed by atoms with Crippen molar-refractivity contribution >= 4 is 17.6 Å². The highest BCUT2D eigenvalue weighted by molar-refractivity contribution is 6.37. The molecule has 1 N–H and O–H groups in total. The Morgan fingerprint density at radius 1 is 1.00 bits per heavy atom. The molecular weight excluding hydrogens is 278 g/mol. The van der Waals surface area contributed by atoms with E-state index in [2.05, 4.69) is 12.2 Å². The number of hydrogen-bond donors (Lipinski definition) is 1. The lowest BCUT2D eigenvalue weighted by Crippen LogP contribution is -2.25. The first-order valence-electron chi connectivity index (χ1n) is 8.25. The Morgan fingerprint density at radius 3 is 2.41 bits per heavy atom. The number of amides is 1. The van der Waals surface area contributed by atoms with E-state index in [1.54, 1.807) is 6.07 Å². The van der Waals surface area contributed by atoms with Crippen molar-refractivity contribution < 1.29 is 14.3 Å². The molecule has 1 amide bonds. The molecule has 4 nitrogen and oxygen atoms in total. The van der Waals surface area contributed by atoms with Gasteiger partial charge in [0.25, 0.3) is 0 Å². The maximum absolute atomic E-state index is 11.8. The van der Waals surface area contributed by atoms with Gasteiger partial charge in [0.05, 0.1) is 6.61 Å². The second kappa shape index (κ2) is 10.8. The maximum atomic E-state index is 11.8. The molecule has 0 heterocycles. The SMILES string of the molecule is CCCCCCCCOC(=O)C(=O)Nc1ccccc1CC.